The fraction of sp³-hybridized carbons (Fsp3) is 1.00. The van der Waals surface area contributed by atoms with Crippen LogP contribution < -0.4 is 5.32 Å². The lowest BCUT2D eigenvalue weighted by Gasteiger charge is -2.41. The van der Waals surface area contributed by atoms with Gasteiger partial charge in [-0.15, -0.1) is 0 Å². The quantitative estimate of drug-likeness (QED) is 0.718. The van der Waals surface area contributed by atoms with Crippen molar-refractivity contribution in [3.63, 3.8) is 0 Å². The fourth-order valence-electron chi connectivity index (χ4n) is 3.75. The molecule has 0 aromatic rings. The van der Waals surface area contributed by atoms with Crippen LogP contribution in [-0.4, -0.2) is 50.3 Å². The minimum atomic E-state index is 0.542. The third-order valence-corrected chi connectivity index (χ3v) is 4.95. The van der Waals surface area contributed by atoms with Gasteiger partial charge in [-0.05, 0) is 37.6 Å². The van der Waals surface area contributed by atoms with E-state index < -0.39 is 0 Å². The van der Waals surface area contributed by atoms with Crippen molar-refractivity contribution < 1.29 is 4.74 Å². The summed E-state index contributed by atoms with van der Waals surface area (Å²) in [6.45, 7) is 11.2. The van der Waals surface area contributed by atoms with Gasteiger partial charge in [-0.3, -0.25) is 4.90 Å². The van der Waals surface area contributed by atoms with Crippen molar-refractivity contribution in [3.8, 4) is 0 Å². The number of nitrogens with zero attached hydrogens (tertiary/aromatic N) is 1. The Balaban J connectivity index is 1.91. The largest absolute Gasteiger partial charge is 0.378 e. The maximum absolute atomic E-state index is 5.64. The molecular formula is C16H32N2O. The lowest BCUT2D eigenvalue weighted by Crippen LogP contribution is -2.51. The smallest absolute Gasteiger partial charge is 0.0622 e. The van der Waals surface area contributed by atoms with Gasteiger partial charge in [0, 0.05) is 25.7 Å². The van der Waals surface area contributed by atoms with Gasteiger partial charge in [0.1, 0.15) is 0 Å². The Morgan fingerprint density at radius 1 is 1.26 bits per heavy atom. The summed E-state index contributed by atoms with van der Waals surface area (Å²) in [5.74, 6) is 0. The van der Waals surface area contributed by atoms with E-state index in [0.717, 1.165) is 19.8 Å². The molecule has 3 nitrogen and oxygen atoms in total. The molecule has 1 saturated carbocycles. The molecule has 1 heterocycles. The Morgan fingerprint density at radius 2 is 2.05 bits per heavy atom. The average molecular weight is 268 g/mol. The van der Waals surface area contributed by atoms with Crippen LogP contribution in [0.3, 0.4) is 0 Å². The molecule has 0 aromatic heterocycles. The molecular weight excluding hydrogens is 236 g/mol. The van der Waals surface area contributed by atoms with Crippen LogP contribution in [-0.2, 0) is 4.74 Å². The molecule has 1 atom stereocenters. The number of ether oxygens (including phenoxy) is 1. The van der Waals surface area contributed by atoms with Crippen LogP contribution in [0.25, 0.3) is 0 Å². The van der Waals surface area contributed by atoms with Crippen molar-refractivity contribution >= 4 is 0 Å². The second-order valence-electron chi connectivity index (χ2n) is 6.49. The highest BCUT2D eigenvalue weighted by atomic mass is 16.5. The molecule has 1 saturated heterocycles. The molecule has 1 N–H and O–H groups in total. The van der Waals surface area contributed by atoms with Crippen LogP contribution in [0.4, 0.5) is 0 Å². The summed E-state index contributed by atoms with van der Waals surface area (Å²) in [6.07, 6.45) is 8.14. The maximum Gasteiger partial charge on any atom is 0.0622 e. The summed E-state index contributed by atoms with van der Waals surface area (Å²) in [7, 11) is 0. The minimum Gasteiger partial charge on any atom is -0.378 e. The standard InChI is InChI=1S/C16H32N2O/c1-3-9-17-13-16(7-5-6-8-16)14-18-10-11-19-12-15(18)4-2/h15,17H,3-14H2,1-2H3. The Morgan fingerprint density at radius 3 is 2.74 bits per heavy atom. The summed E-state index contributed by atoms with van der Waals surface area (Å²) in [6, 6.07) is 0.650. The topological polar surface area (TPSA) is 24.5 Å². The van der Waals surface area contributed by atoms with Gasteiger partial charge >= 0.3 is 0 Å². The van der Waals surface area contributed by atoms with E-state index in [1.165, 1.54) is 58.2 Å². The average Bonchev–Trinajstić information content (AvgIpc) is 2.88. The van der Waals surface area contributed by atoms with Gasteiger partial charge in [-0.1, -0.05) is 26.7 Å². The number of rotatable bonds is 7. The fourth-order valence-corrected chi connectivity index (χ4v) is 3.75. The van der Waals surface area contributed by atoms with Crippen LogP contribution in [0, 0.1) is 5.41 Å². The summed E-state index contributed by atoms with van der Waals surface area (Å²) in [5.41, 5.74) is 0.542. The van der Waals surface area contributed by atoms with E-state index in [4.69, 9.17) is 4.74 Å². The molecule has 0 bridgehead atoms. The lowest BCUT2D eigenvalue weighted by molar-refractivity contribution is -0.0275. The van der Waals surface area contributed by atoms with Crippen molar-refractivity contribution in [2.75, 3.05) is 39.4 Å². The Labute approximate surface area is 119 Å². The normalized spacial score (nSPS) is 27.8. The first-order valence-electron chi connectivity index (χ1n) is 8.32. The third-order valence-electron chi connectivity index (χ3n) is 4.95. The van der Waals surface area contributed by atoms with Gasteiger partial charge in [0.15, 0.2) is 0 Å². The first-order valence-corrected chi connectivity index (χ1v) is 8.32. The highest BCUT2D eigenvalue weighted by Crippen LogP contribution is 2.39. The Hall–Kier alpha value is -0.120. The summed E-state index contributed by atoms with van der Waals surface area (Å²) in [4.78, 5) is 2.71. The predicted octanol–water partition coefficient (Wildman–Crippen LogP) is 2.66. The van der Waals surface area contributed by atoms with Gasteiger partial charge in [0.2, 0.25) is 0 Å². The van der Waals surface area contributed by atoms with Crippen LogP contribution in [0.2, 0.25) is 0 Å². The van der Waals surface area contributed by atoms with Crippen molar-refractivity contribution in [2.24, 2.45) is 5.41 Å². The van der Waals surface area contributed by atoms with Gasteiger partial charge in [-0.25, -0.2) is 0 Å². The van der Waals surface area contributed by atoms with Crippen LogP contribution >= 0.6 is 0 Å². The van der Waals surface area contributed by atoms with Crippen LogP contribution in [0.5, 0.6) is 0 Å². The van der Waals surface area contributed by atoms with Crippen molar-refractivity contribution in [1.82, 2.24) is 10.2 Å². The molecule has 0 radical (unpaired) electrons. The van der Waals surface area contributed by atoms with Crippen molar-refractivity contribution in [3.05, 3.63) is 0 Å². The van der Waals surface area contributed by atoms with E-state index in [9.17, 15) is 0 Å². The Bertz CT molecular complexity index is 251. The number of nitrogens with one attached hydrogen (secondary N) is 1. The van der Waals surface area contributed by atoms with E-state index in [-0.39, 0.29) is 0 Å². The molecule has 2 aliphatic rings. The zero-order valence-corrected chi connectivity index (χ0v) is 12.9. The zero-order valence-electron chi connectivity index (χ0n) is 12.9. The molecule has 112 valence electrons. The van der Waals surface area contributed by atoms with Crippen molar-refractivity contribution in [2.45, 2.75) is 58.4 Å². The zero-order chi connectivity index (χ0) is 13.6. The van der Waals surface area contributed by atoms with E-state index in [2.05, 4.69) is 24.1 Å². The molecule has 0 spiro atoms. The van der Waals surface area contributed by atoms with Crippen LogP contribution in [0.1, 0.15) is 52.4 Å². The highest BCUT2D eigenvalue weighted by Gasteiger charge is 2.37. The summed E-state index contributed by atoms with van der Waals surface area (Å²) >= 11 is 0. The second kappa shape index (κ2) is 7.61. The first kappa shape index (κ1) is 15.3. The third kappa shape index (κ3) is 4.17. The molecule has 3 heteroatoms. The van der Waals surface area contributed by atoms with E-state index in [1.54, 1.807) is 0 Å². The predicted molar refractivity (Wildman–Crippen MR) is 80.5 cm³/mol. The van der Waals surface area contributed by atoms with Gasteiger partial charge < -0.3 is 10.1 Å². The number of morpholine rings is 1. The number of hydrogen-bond donors (Lipinski definition) is 1. The molecule has 0 amide bonds. The van der Waals surface area contributed by atoms with Crippen molar-refractivity contribution in [1.29, 1.82) is 0 Å². The highest BCUT2D eigenvalue weighted by molar-refractivity contribution is 4.91. The van der Waals surface area contributed by atoms with Gasteiger partial charge in [0.25, 0.3) is 0 Å². The number of hydrogen-bond acceptors (Lipinski definition) is 3. The molecule has 0 aromatic carbocycles. The molecule has 2 fully saturated rings. The van der Waals surface area contributed by atoms with E-state index in [0.29, 0.717) is 11.5 Å². The first-order chi connectivity index (χ1) is 9.29. The molecule has 19 heavy (non-hydrogen) atoms. The summed E-state index contributed by atoms with van der Waals surface area (Å²) < 4.78 is 5.64. The second-order valence-corrected chi connectivity index (χ2v) is 6.49. The van der Waals surface area contributed by atoms with E-state index in [1.807, 2.05) is 0 Å². The maximum atomic E-state index is 5.64. The Kier molecular flexibility index (Phi) is 6.11. The lowest BCUT2D eigenvalue weighted by atomic mass is 9.84. The van der Waals surface area contributed by atoms with E-state index >= 15 is 0 Å². The summed E-state index contributed by atoms with van der Waals surface area (Å²) in [5, 5.41) is 3.68. The SMILES string of the molecule is CCCNCC1(CN2CCOCC2CC)CCCC1. The van der Waals surface area contributed by atoms with Gasteiger partial charge in [0.05, 0.1) is 13.2 Å². The molecule has 1 aliphatic carbocycles. The van der Waals surface area contributed by atoms with Crippen LogP contribution in [0.15, 0.2) is 0 Å². The van der Waals surface area contributed by atoms with Gasteiger partial charge in [-0.2, -0.15) is 0 Å². The molecule has 2 rings (SSSR count). The monoisotopic (exact) mass is 268 g/mol. The molecule has 1 unspecified atom stereocenters. The minimum absolute atomic E-state index is 0.542. The molecule has 1 aliphatic heterocycles.